The van der Waals surface area contributed by atoms with Gasteiger partial charge in [-0.25, -0.2) is 0 Å². The number of ether oxygens (including phenoxy) is 1. The molecule has 122 valence electrons. The Morgan fingerprint density at radius 3 is 2.43 bits per heavy atom. The highest BCUT2D eigenvalue weighted by Crippen LogP contribution is 2.29. The van der Waals surface area contributed by atoms with Crippen LogP contribution in [-0.2, 0) is 0 Å². The zero-order valence-corrected chi connectivity index (χ0v) is 14.9. The van der Waals surface area contributed by atoms with Gasteiger partial charge in [-0.2, -0.15) is 0 Å². The molecule has 1 N–H and O–H groups in total. The highest BCUT2D eigenvalue weighted by atomic mass is 35.5. The minimum atomic E-state index is 0. The molecule has 0 spiro atoms. The van der Waals surface area contributed by atoms with Crippen LogP contribution in [0.3, 0.4) is 0 Å². The van der Waals surface area contributed by atoms with E-state index in [4.69, 9.17) is 4.74 Å². The number of methoxy groups -OCH3 is 1. The van der Waals surface area contributed by atoms with Crippen molar-refractivity contribution in [2.24, 2.45) is 0 Å². The third-order valence-electron chi connectivity index (χ3n) is 3.96. The van der Waals surface area contributed by atoms with Crippen LogP contribution in [0.5, 0.6) is 5.75 Å². The van der Waals surface area contributed by atoms with Crippen molar-refractivity contribution >= 4 is 24.8 Å². The SMILES string of the molecule is CCC[C@H](c1ccc(OC)c(C)c1)N1CCNCC1.Cl.Cl. The van der Waals surface area contributed by atoms with E-state index >= 15 is 0 Å². The molecule has 5 heteroatoms. The average molecular weight is 335 g/mol. The first-order valence-electron chi connectivity index (χ1n) is 7.35. The maximum atomic E-state index is 5.36. The summed E-state index contributed by atoms with van der Waals surface area (Å²) in [6.07, 6.45) is 2.45. The standard InChI is InChI=1S/C16H26N2O.2ClH/c1-4-5-15(18-10-8-17-9-11-18)14-6-7-16(19-3)13(2)12-14;;/h6-7,12,15,17H,4-5,8-11H2,1-3H3;2*1H/t15-;;/m1../s1. The number of hydrogen-bond acceptors (Lipinski definition) is 3. The number of rotatable bonds is 5. The first-order chi connectivity index (χ1) is 9.26. The summed E-state index contributed by atoms with van der Waals surface area (Å²) in [6, 6.07) is 7.18. The van der Waals surface area contributed by atoms with Gasteiger partial charge in [-0.05, 0) is 30.5 Å². The lowest BCUT2D eigenvalue weighted by atomic mass is 9.98. The molecule has 0 amide bonds. The van der Waals surface area contributed by atoms with Gasteiger partial charge in [0, 0.05) is 32.2 Å². The van der Waals surface area contributed by atoms with Crippen molar-refractivity contribution < 1.29 is 4.74 Å². The summed E-state index contributed by atoms with van der Waals surface area (Å²) in [5.41, 5.74) is 2.67. The van der Waals surface area contributed by atoms with Crippen molar-refractivity contribution in [3.63, 3.8) is 0 Å². The molecule has 0 aliphatic carbocycles. The summed E-state index contributed by atoms with van der Waals surface area (Å²) in [4.78, 5) is 2.61. The lowest BCUT2D eigenvalue weighted by Crippen LogP contribution is -2.45. The fourth-order valence-corrected chi connectivity index (χ4v) is 2.94. The molecule has 1 heterocycles. The fourth-order valence-electron chi connectivity index (χ4n) is 2.94. The van der Waals surface area contributed by atoms with Gasteiger partial charge in [0.15, 0.2) is 0 Å². The lowest BCUT2D eigenvalue weighted by Gasteiger charge is -2.35. The summed E-state index contributed by atoms with van der Waals surface area (Å²) >= 11 is 0. The Labute approximate surface area is 141 Å². The monoisotopic (exact) mass is 334 g/mol. The molecule has 2 rings (SSSR count). The molecule has 1 aliphatic heterocycles. The van der Waals surface area contributed by atoms with E-state index in [9.17, 15) is 0 Å². The molecule has 21 heavy (non-hydrogen) atoms. The van der Waals surface area contributed by atoms with Crippen LogP contribution in [0.15, 0.2) is 18.2 Å². The van der Waals surface area contributed by atoms with E-state index in [1.165, 1.54) is 24.0 Å². The first-order valence-corrected chi connectivity index (χ1v) is 7.35. The van der Waals surface area contributed by atoms with Crippen LogP contribution < -0.4 is 10.1 Å². The fraction of sp³-hybridized carbons (Fsp3) is 0.625. The van der Waals surface area contributed by atoms with Crippen LogP contribution in [-0.4, -0.2) is 38.2 Å². The van der Waals surface area contributed by atoms with Gasteiger partial charge in [0.05, 0.1) is 7.11 Å². The highest BCUT2D eigenvalue weighted by Gasteiger charge is 2.21. The normalized spacial score (nSPS) is 16.5. The molecule has 0 aromatic heterocycles. The smallest absolute Gasteiger partial charge is 0.121 e. The number of nitrogens with zero attached hydrogens (tertiary/aromatic N) is 1. The molecule has 0 radical (unpaired) electrons. The topological polar surface area (TPSA) is 24.5 Å². The summed E-state index contributed by atoms with van der Waals surface area (Å²) in [5, 5.41) is 3.43. The van der Waals surface area contributed by atoms with Crippen LogP contribution in [0, 0.1) is 6.92 Å². The van der Waals surface area contributed by atoms with E-state index < -0.39 is 0 Å². The van der Waals surface area contributed by atoms with Gasteiger partial charge in [0.25, 0.3) is 0 Å². The molecule has 0 unspecified atom stereocenters. The molecule has 1 atom stereocenters. The Bertz CT molecular complexity index is 409. The molecule has 1 aromatic rings. The molecule has 3 nitrogen and oxygen atoms in total. The number of piperazine rings is 1. The zero-order valence-electron chi connectivity index (χ0n) is 13.2. The number of aryl methyl sites for hydroxylation is 1. The molecule has 1 fully saturated rings. The maximum absolute atomic E-state index is 5.36. The first kappa shape index (κ1) is 20.5. The molecule has 0 bridgehead atoms. The predicted molar refractivity (Wildman–Crippen MR) is 94.3 cm³/mol. The molecule has 1 aliphatic rings. The quantitative estimate of drug-likeness (QED) is 0.890. The Morgan fingerprint density at radius 1 is 1.24 bits per heavy atom. The maximum Gasteiger partial charge on any atom is 0.121 e. The zero-order chi connectivity index (χ0) is 13.7. The third-order valence-corrected chi connectivity index (χ3v) is 3.96. The second-order valence-electron chi connectivity index (χ2n) is 5.32. The Kier molecular flexibility index (Phi) is 10.0. The van der Waals surface area contributed by atoms with Crippen LogP contribution in [0.1, 0.15) is 36.9 Å². The third kappa shape index (κ3) is 5.33. The highest BCUT2D eigenvalue weighted by molar-refractivity contribution is 5.85. The van der Waals surface area contributed by atoms with Crippen molar-refractivity contribution in [1.82, 2.24) is 10.2 Å². The van der Waals surface area contributed by atoms with Crippen molar-refractivity contribution in [3.8, 4) is 5.75 Å². The second-order valence-corrected chi connectivity index (χ2v) is 5.32. The van der Waals surface area contributed by atoms with Gasteiger partial charge < -0.3 is 10.1 Å². The molecule has 1 aromatic carbocycles. The van der Waals surface area contributed by atoms with Crippen molar-refractivity contribution in [2.45, 2.75) is 32.7 Å². The minimum Gasteiger partial charge on any atom is -0.496 e. The number of hydrogen-bond donors (Lipinski definition) is 1. The largest absolute Gasteiger partial charge is 0.496 e. The van der Waals surface area contributed by atoms with Gasteiger partial charge in [0.2, 0.25) is 0 Å². The van der Waals surface area contributed by atoms with Gasteiger partial charge in [-0.15, -0.1) is 24.8 Å². The van der Waals surface area contributed by atoms with Crippen molar-refractivity contribution in [1.29, 1.82) is 0 Å². The Hall–Kier alpha value is -0.480. The van der Waals surface area contributed by atoms with Crippen LogP contribution >= 0.6 is 24.8 Å². The Balaban J connectivity index is 0.00000200. The second kappa shape index (κ2) is 10.3. The molecule has 0 saturated carbocycles. The van der Waals surface area contributed by atoms with E-state index in [-0.39, 0.29) is 24.8 Å². The van der Waals surface area contributed by atoms with Gasteiger partial charge in [0.1, 0.15) is 5.75 Å². The number of benzene rings is 1. The summed E-state index contributed by atoms with van der Waals surface area (Å²) in [7, 11) is 1.74. The van der Waals surface area contributed by atoms with E-state index in [1.54, 1.807) is 7.11 Å². The lowest BCUT2D eigenvalue weighted by molar-refractivity contribution is 0.164. The van der Waals surface area contributed by atoms with Crippen LogP contribution in [0.2, 0.25) is 0 Å². The summed E-state index contributed by atoms with van der Waals surface area (Å²) in [6.45, 7) is 8.91. The molecule has 1 saturated heterocycles. The van der Waals surface area contributed by atoms with E-state index in [2.05, 4.69) is 42.3 Å². The van der Waals surface area contributed by atoms with Crippen LogP contribution in [0.4, 0.5) is 0 Å². The number of nitrogens with one attached hydrogen (secondary N) is 1. The summed E-state index contributed by atoms with van der Waals surface area (Å²) < 4.78 is 5.36. The van der Waals surface area contributed by atoms with E-state index in [1.807, 2.05) is 0 Å². The van der Waals surface area contributed by atoms with Crippen LogP contribution in [0.25, 0.3) is 0 Å². The van der Waals surface area contributed by atoms with Crippen molar-refractivity contribution in [2.75, 3.05) is 33.3 Å². The minimum absolute atomic E-state index is 0. The molecular formula is C16H28Cl2N2O. The average Bonchev–Trinajstić information content (AvgIpc) is 2.45. The summed E-state index contributed by atoms with van der Waals surface area (Å²) in [5.74, 6) is 0.985. The van der Waals surface area contributed by atoms with E-state index in [0.29, 0.717) is 6.04 Å². The predicted octanol–water partition coefficient (Wildman–Crippen LogP) is 3.59. The van der Waals surface area contributed by atoms with Gasteiger partial charge in [-0.1, -0.05) is 25.5 Å². The van der Waals surface area contributed by atoms with Gasteiger partial charge >= 0.3 is 0 Å². The Morgan fingerprint density at radius 2 is 1.90 bits per heavy atom. The van der Waals surface area contributed by atoms with Gasteiger partial charge in [-0.3, -0.25) is 4.90 Å². The molecular weight excluding hydrogens is 307 g/mol. The van der Waals surface area contributed by atoms with E-state index in [0.717, 1.165) is 31.9 Å². The number of halogens is 2. The van der Waals surface area contributed by atoms with Crippen molar-refractivity contribution in [3.05, 3.63) is 29.3 Å².